The molecule has 2 amide bonds. The number of hydrogen-bond acceptors (Lipinski definition) is 3. The zero-order chi connectivity index (χ0) is 25.3. The fourth-order valence-corrected chi connectivity index (χ4v) is 5.29. The van der Waals surface area contributed by atoms with Crippen molar-refractivity contribution in [2.75, 3.05) is 6.54 Å². The van der Waals surface area contributed by atoms with Crippen molar-refractivity contribution in [3.63, 3.8) is 0 Å². The van der Waals surface area contributed by atoms with Gasteiger partial charge in [0.25, 0.3) is 5.91 Å². The molecule has 188 valence electrons. The summed E-state index contributed by atoms with van der Waals surface area (Å²) >= 11 is 0. The molecule has 0 aromatic heterocycles. The molecule has 2 atom stereocenters. The van der Waals surface area contributed by atoms with E-state index in [1.807, 2.05) is 62.4 Å². The summed E-state index contributed by atoms with van der Waals surface area (Å²) in [6.45, 7) is 4.08. The molecule has 6 nitrogen and oxygen atoms in total. The average molecular weight is 479 g/mol. The summed E-state index contributed by atoms with van der Waals surface area (Å²) in [7, 11) is 0. The van der Waals surface area contributed by atoms with Crippen LogP contribution in [0.5, 0.6) is 0 Å². The molecule has 6 heteroatoms. The maximum absolute atomic E-state index is 13.4. The smallest absolute Gasteiger partial charge is 0.407 e. The third-order valence-corrected chi connectivity index (χ3v) is 7.22. The van der Waals surface area contributed by atoms with E-state index in [9.17, 15) is 19.5 Å². The van der Waals surface area contributed by atoms with Gasteiger partial charge in [0.2, 0.25) is 5.78 Å². The Labute approximate surface area is 208 Å². The molecule has 35 heavy (non-hydrogen) atoms. The Morgan fingerprint density at radius 1 is 1.00 bits per heavy atom. The highest BCUT2D eigenvalue weighted by atomic mass is 16.4. The molecule has 2 aromatic carbocycles. The van der Waals surface area contributed by atoms with Crippen LogP contribution in [0, 0.1) is 5.41 Å². The van der Waals surface area contributed by atoms with Crippen LogP contribution in [0.2, 0.25) is 0 Å². The van der Waals surface area contributed by atoms with E-state index in [2.05, 4.69) is 17.4 Å². The highest BCUT2D eigenvalue weighted by molar-refractivity contribution is 6.38. The first-order chi connectivity index (χ1) is 16.8. The largest absolute Gasteiger partial charge is 0.465 e. The summed E-state index contributed by atoms with van der Waals surface area (Å²) in [6, 6.07) is 18.2. The van der Waals surface area contributed by atoms with Gasteiger partial charge in [-0.1, -0.05) is 93.3 Å². The van der Waals surface area contributed by atoms with Crippen molar-refractivity contribution in [2.45, 2.75) is 77.3 Å². The zero-order valence-electron chi connectivity index (χ0n) is 20.9. The van der Waals surface area contributed by atoms with E-state index in [0.29, 0.717) is 12.8 Å². The summed E-state index contributed by atoms with van der Waals surface area (Å²) in [5.41, 5.74) is 1.84. The van der Waals surface area contributed by atoms with Crippen molar-refractivity contribution in [1.29, 1.82) is 0 Å². The van der Waals surface area contributed by atoms with E-state index in [4.69, 9.17) is 0 Å². The first-order valence-electron chi connectivity index (χ1n) is 12.8. The molecular weight excluding hydrogens is 440 g/mol. The Hall–Kier alpha value is -3.15. The third kappa shape index (κ3) is 7.17. The molecule has 1 aliphatic carbocycles. The van der Waals surface area contributed by atoms with Crippen LogP contribution in [0.15, 0.2) is 60.7 Å². The number of benzene rings is 2. The lowest BCUT2D eigenvalue weighted by molar-refractivity contribution is -0.141. The highest BCUT2D eigenvalue weighted by Gasteiger charge is 2.41. The van der Waals surface area contributed by atoms with Crippen LogP contribution in [0.1, 0.15) is 76.0 Å². The van der Waals surface area contributed by atoms with Crippen LogP contribution in [-0.2, 0) is 16.0 Å². The first kappa shape index (κ1) is 26.5. The Morgan fingerprint density at radius 3 is 2.17 bits per heavy atom. The average Bonchev–Trinajstić information content (AvgIpc) is 3.32. The van der Waals surface area contributed by atoms with Crippen molar-refractivity contribution in [3.8, 4) is 0 Å². The summed E-state index contributed by atoms with van der Waals surface area (Å²) < 4.78 is 0. The van der Waals surface area contributed by atoms with Crippen molar-refractivity contribution >= 4 is 17.8 Å². The number of carbonyl (C=O) groups is 3. The van der Waals surface area contributed by atoms with E-state index in [1.54, 1.807) is 0 Å². The molecule has 3 rings (SSSR count). The van der Waals surface area contributed by atoms with Gasteiger partial charge < -0.3 is 10.4 Å². The van der Waals surface area contributed by atoms with Crippen LogP contribution >= 0.6 is 0 Å². The Morgan fingerprint density at radius 2 is 1.60 bits per heavy atom. The van der Waals surface area contributed by atoms with Gasteiger partial charge in [0.1, 0.15) is 6.04 Å². The standard InChI is InChI=1S/C29H38N2O4/c1-3-4-17-25(26(32)27(33)30-22(2)24-15-9-6-10-16-24)31(28(34)35)21-29(18-11-12-19-29)20-23-13-7-5-8-14-23/h5-10,13-16,22,25H,3-4,11-12,17-21H2,1-2H3,(H,30,33)(H,34,35)/t22-,25+/m1/s1. The van der Waals surface area contributed by atoms with Crippen molar-refractivity contribution in [1.82, 2.24) is 10.2 Å². The third-order valence-electron chi connectivity index (χ3n) is 7.22. The van der Waals surface area contributed by atoms with E-state index in [0.717, 1.165) is 44.1 Å². The van der Waals surface area contributed by atoms with E-state index >= 15 is 0 Å². The minimum absolute atomic E-state index is 0.224. The number of hydrogen-bond donors (Lipinski definition) is 2. The predicted molar refractivity (Wildman–Crippen MR) is 137 cm³/mol. The number of ketones is 1. The molecule has 0 bridgehead atoms. The van der Waals surface area contributed by atoms with Gasteiger partial charge in [0, 0.05) is 6.54 Å². The molecule has 0 spiro atoms. The van der Waals surface area contributed by atoms with Gasteiger partial charge >= 0.3 is 6.09 Å². The number of nitrogens with one attached hydrogen (secondary N) is 1. The number of unbranched alkanes of at least 4 members (excludes halogenated alkanes) is 1. The number of Topliss-reactive ketones (excluding diaryl/α,β-unsaturated/α-hetero) is 1. The molecule has 0 radical (unpaired) electrons. The molecule has 0 heterocycles. The normalized spacial score (nSPS) is 16.3. The van der Waals surface area contributed by atoms with Gasteiger partial charge in [-0.3, -0.25) is 14.5 Å². The molecule has 0 unspecified atom stereocenters. The molecule has 1 saturated carbocycles. The molecule has 0 aliphatic heterocycles. The first-order valence-corrected chi connectivity index (χ1v) is 12.8. The van der Waals surface area contributed by atoms with Crippen LogP contribution in [0.4, 0.5) is 4.79 Å². The molecular formula is C29H38N2O4. The van der Waals surface area contributed by atoms with Crippen LogP contribution < -0.4 is 5.32 Å². The number of carboxylic acid groups (broad SMARTS) is 1. The van der Waals surface area contributed by atoms with Crippen molar-refractivity contribution in [3.05, 3.63) is 71.8 Å². The van der Waals surface area contributed by atoms with Gasteiger partial charge in [-0.2, -0.15) is 0 Å². The number of nitrogens with zero attached hydrogens (tertiary/aromatic N) is 1. The van der Waals surface area contributed by atoms with E-state index in [1.165, 1.54) is 10.5 Å². The lowest BCUT2D eigenvalue weighted by Gasteiger charge is -2.38. The lowest BCUT2D eigenvalue weighted by atomic mass is 9.79. The molecule has 1 aliphatic rings. The minimum Gasteiger partial charge on any atom is -0.465 e. The minimum atomic E-state index is -1.14. The monoisotopic (exact) mass is 478 g/mol. The number of rotatable bonds is 12. The SMILES string of the molecule is CCCC[C@@H](C(=O)C(=O)N[C@H](C)c1ccccc1)N(CC1(Cc2ccccc2)CCCC1)C(=O)O. The summed E-state index contributed by atoms with van der Waals surface area (Å²) in [5.74, 6) is -1.39. The van der Waals surface area contributed by atoms with E-state index in [-0.39, 0.29) is 18.0 Å². The maximum atomic E-state index is 13.4. The van der Waals surface area contributed by atoms with Crippen molar-refractivity contribution < 1.29 is 19.5 Å². The maximum Gasteiger partial charge on any atom is 0.407 e. The highest BCUT2D eigenvalue weighted by Crippen LogP contribution is 2.42. The number of amides is 2. The number of carbonyl (C=O) groups excluding carboxylic acids is 2. The van der Waals surface area contributed by atoms with Crippen LogP contribution in [0.3, 0.4) is 0 Å². The molecule has 1 fully saturated rings. The second-order valence-corrected chi connectivity index (χ2v) is 9.91. The lowest BCUT2D eigenvalue weighted by Crippen LogP contribution is -2.53. The van der Waals surface area contributed by atoms with Gasteiger partial charge in [-0.05, 0) is 49.1 Å². The Kier molecular flexibility index (Phi) is 9.47. The van der Waals surface area contributed by atoms with Crippen LogP contribution in [0.25, 0.3) is 0 Å². The topological polar surface area (TPSA) is 86.7 Å². The summed E-state index contributed by atoms with van der Waals surface area (Å²) in [6.07, 6.45) is 5.38. The van der Waals surface area contributed by atoms with Gasteiger partial charge in [0.15, 0.2) is 0 Å². The second kappa shape index (κ2) is 12.5. The predicted octanol–water partition coefficient (Wildman–Crippen LogP) is 5.77. The van der Waals surface area contributed by atoms with E-state index < -0.39 is 23.8 Å². The Bertz CT molecular complexity index is 971. The molecule has 2 aromatic rings. The Balaban J connectivity index is 1.81. The second-order valence-electron chi connectivity index (χ2n) is 9.91. The quantitative estimate of drug-likeness (QED) is 0.379. The fourth-order valence-electron chi connectivity index (χ4n) is 5.29. The van der Waals surface area contributed by atoms with Gasteiger partial charge in [0.05, 0.1) is 6.04 Å². The van der Waals surface area contributed by atoms with Gasteiger partial charge in [-0.25, -0.2) is 4.79 Å². The van der Waals surface area contributed by atoms with Crippen LogP contribution in [-0.4, -0.2) is 40.4 Å². The summed E-state index contributed by atoms with van der Waals surface area (Å²) in [4.78, 5) is 40.1. The summed E-state index contributed by atoms with van der Waals surface area (Å²) in [5, 5.41) is 13.0. The molecule has 2 N–H and O–H groups in total. The van der Waals surface area contributed by atoms with Gasteiger partial charge in [-0.15, -0.1) is 0 Å². The molecule has 0 saturated heterocycles. The van der Waals surface area contributed by atoms with Crippen molar-refractivity contribution in [2.24, 2.45) is 5.41 Å². The fraction of sp³-hybridized carbons (Fsp3) is 0.483. The zero-order valence-corrected chi connectivity index (χ0v) is 20.9.